The molecule has 0 bridgehead atoms. The molecule has 3 aromatic rings. The van der Waals surface area contributed by atoms with Crippen LogP contribution >= 0.6 is 11.3 Å². The average Bonchev–Trinajstić information content (AvgIpc) is 3.19. The topological polar surface area (TPSA) is 47.9 Å². The second-order valence-electron chi connectivity index (χ2n) is 5.53. The lowest BCUT2D eigenvalue weighted by atomic mass is 9.95. The van der Waals surface area contributed by atoms with Crippen molar-refractivity contribution in [2.45, 2.75) is 6.42 Å². The van der Waals surface area contributed by atoms with Crippen molar-refractivity contribution in [2.24, 2.45) is 4.99 Å². The minimum atomic E-state index is 0.0681. The van der Waals surface area contributed by atoms with E-state index in [1.54, 1.807) is 23.5 Å². The molecule has 2 aliphatic rings. The average molecular weight is 321 g/mol. The fraction of sp³-hybridized carbons (Fsp3) is 0.111. The Kier molecular flexibility index (Phi) is 2.60. The summed E-state index contributed by atoms with van der Waals surface area (Å²) in [6.07, 6.45) is 0.313. The maximum atomic E-state index is 12.6. The fourth-order valence-corrected chi connectivity index (χ4v) is 4.01. The number of carbonyl (C=O) groups excluding carboxylic acids is 1. The van der Waals surface area contributed by atoms with Crippen molar-refractivity contribution in [3.8, 4) is 11.5 Å². The molecule has 2 aromatic carbocycles. The number of thiophene rings is 1. The van der Waals surface area contributed by atoms with Gasteiger partial charge in [0.15, 0.2) is 17.3 Å². The molecular weight excluding hydrogens is 310 g/mol. The molecule has 5 rings (SSSR count). The number of aliphatic imine (C=N–C) groups is 1. The maximum Gasteiger partial charge on any atom is 0.231 e. The van der Waals surface area contributed by atoms with Gasteiger partial charge in [-0.15, -0.1) is 11.3 Å². The summed E-state index contributed by atoms with van der Waals surface area (Å²) in [5.41, 5.74) is 3.13. The van der Waals surface area contributed by atoms with Crippen LogP contribution in [0.15, 0.2) is 46.8 Å². The molecule has 112 valence electrons. The van der Waals surface area contributed by atoms with Crippen molar-refractivity contribution in [3.05, 3.63) is 52.9 Å². The first-order chi connectivity index (χ1) is 11.3. The minimum absolute atomic E-state index is 0.0681. The summed E-state index contributed by atoms with van der Waals surface area (Å²) >= 11 is 1.67. The molecule has 0 fully saturated rings. The van der Waals surface area contributed by atoms with E-state index in [1.165, 1.54) is 4.70 Å². The second kappa shape index (κ2) is 4.67. The molecule has 0 N–H and O–H groups in total. The summed E-state index contributed by atoms with van der Waals surface area (Å²) in [6.45, 7) is 0.193. The Labute approximate surface area is 136 Å². The maximum absolute atomic E-state index is 12.6. The Balaban J connectivity index is 1.69. The number of fused-ring (bicyclic) bond motifs is 3. The number of hydrogen-bond acceptors (Lipinski definition) is 5. The van der Waals surface area contributed by atoms with Crippen LogP contribution in [-0.4, -0.2) is 18.3 Å². The first-order valence-electron chi connectivity index (χ1n) is 7.30. The molecule has 5 heteroatoms. The van der Waals surface area contributed by atoms with E-state index >= 15 is 0 Å². The van der Waals surface area contributed by atoms with Crippen molar-refractivity contribution >= 4 is 38.6 Å². The number of nitrogens with zero attached hydrogens (tertiary/aromatic N) is 1. The summed E-state index contributed by atoms with van der Waals surface area (Å²) in [4.78, 5) is 17.3. The van der Waals surface area contributed by atoms with Crippen LogP contribution in [0.25, 0.3) is 10.1 Å². The zero-order valence-corrected chi connectivity index (χ0v) is 12.9. The number of hydrogen-bond donors (Lipinski definition) is 0. The molecular formula is C18H11NO3S. The van der Waals surface area contributed by atoms with Gasteiger partial charge in [0.05, 0.1) is 17.8 Å². The van der Waals surface area contributed by atoms with Crippen molar-refractivity contribution in [1.29, 1.82) is 0 Å². The first kappa shape index (κ1) is 12.8. The number of Topliss-reactive ketones (excluding diaryl/α,β-unsaturated/α-hetero) is 1. The third-order valence-corrected chi connectivity index (χ3v) is 5.13. The number of benzene rings is 2. The third-order valence-electron chi connectivity index (χ3n) is 4.17. The summed E-state index contributed by atoms with van der Waals surface area (Å²) < 4.78 is 11.9. The van der Waals surface area contributed by atoms with Gasteiger partial charge < -0.3 is 9.47 Å². The molecule has 0 saturated heterocycles. The van der Waals surface area contributed by atoms with E-state index in [-0.39, 0.29) is 12.6 Å². The van der Waals surface area contributed by atoms with Gasteiger partial charge >= 0.3 is 0 Å². The van der Waals surface area contributed by atoms with Crippen LogP contribution in [0.2, 0.25) is 0 Å². The number of rotatable bonds is 1. The molecule has 0 atom stereocenters. The third kappa shape index (κ3) is 1.90. The largest absolute Gasteiger partial charge is 0.454 e. The zero-order chi connectivity index (χ0) is 15.4. The van der Waals surface area contributed by atoms with Gasteiger partial charge in [-0.3, -0.25) is 9.79 Å². The molecule has 0 spiro atoms. The Morgan fingerprint density at radius 1 is 1.04 bits per heavy atom. The smallest absolute Gasteiger partial charge is 0.231 e. The molecule has 1 aromatic heterocycles. The van der Waals surface area contributed by atoms with Crippen LogP contribution in [0, 0.1) is 0 Å². The lowest BCUT2D eigenvalue weighted by Crippen LogP contribution is -2.14. The minimum Gasteiger partial charge on any atom is -0.454 e. The van der Waals surface area contributed by atoms with Gasteiger partial charge in [0.25, 0.3) is 0 Å². The van der Waals surface area contributed by atoms with Gasteiger partial charge in [0, 0.05) is 32.7 Å². The van der Waals surface area contributed by atoms with E-state index in [1.807, 2.05) is 12.1 Å². The highest BCUT2D eigenvalue weighted by Gasteiger charge is 2.26. The van der Waals surface area contributed by atoms with E-state index in [9.17, 15) is 4.79 Å². The van der Waals surface area contributed by atoms with Gasteiger partial charge in [-0.25, -0.2) is 0 Å². The van der Waals surface area contributed by atoms with Gasteiger partial charge in [-0.2, -0.15) is 0 Å². The van der Waals surface area contributed by atoms with E-state index in [4.69, 9.17) is 14.5 Å². The predicted octanol–water partition coefficient (Wildman–Crippen LogP) is 4.34. The van der Waals surface area contributed by atoms with Crippen molar-refractivity contribution in [1.82, 2.24) is 0 Å². The lowest BCUT2D eigenvalue weighted by Gasteiger charge is -2.15. The molecule has 0 amide bonds. The Hall–Kier alpha value is -2.66. The van der Waals surface area contributed by atoms with Crippen LogP contribution in [0.5, 0.6) is 11.5 Å². The van der Waals surface area contributed by atoms with Gasteiger partial charge in [0.1, 0.15) is 0 Å². The van der Waals surface area contributed by atoms with E-state index < -0.39 is 0 Å². The predicted molar refractivity (Wildman–Crippen MR) is 89.5 cm³/mol. The van der Waals surface area contributed by atoms with Gasteiger partial charge in [-0.1, -0.05) is 18.2 Å². The Morgan fingerprint density at radius 2 is 1.87 bits per heavy atom. The van der Waals surface area contributed by atoms with E-state index in [0.29, 0.717) is 29.2 Å². The summed E-state index contributed by atoms with van der Waals surface area (Å²) in [5, 5.41) is 3.22. The normalized spacial score (nSPS) is 15.7. The Bertz CT molecular complexity index is 1000. The SMILES string of the molecule is O=C1CC(c2csc3ccccc23)=Nc2cc3c(cc21)OCO3. The number of ketones is 1. The van der Waals surface area contributed by atoms with E-state index in [2.05, 4.69) is 17.5 Å². The highest BCUT2D eigenvalue weighted by molar-refractivity contribution is 7.17. The number of carbonyl (C=O) groups is 1. The van der Waals surface area contributed by atoms with E-state index in [0.717, 1.165) is 16.7 Å². The number of ether oxygens (including phenoxy) is 2. The fourth-order valence-electron chi connectivity index (χ4n) is 3.04. The highest BCUT2D eigenvalue weighted by atomic mass is 32.1. The molecule has 4 nitrogen and oxygen atoms in total. The molecule has 3 heterocycles. The first-order valence-corrected chi connectivity index (χ1v) is 8.18. The van der Waals surface area contributed by atoms with Crippen LogP contribution in [0.3, 0.4) is 0 Å². The summed E-state index contributed by atoms with van der Waals surface area (Å²) in [6, 6.07) is 11.7. The standard InChI is InChI=1S/C18H11NO3S/c20-15-6-13(12-8-23-18-4-2-1-3-10(12)18)19-14-7-17-16(5-11(14)15)21-9-22-17/h1-5,7-8H,6,9H2. The van der Waals surface area contributed by atoms with Crippen LogP contribution in [0.1, 0.15) is 22.3 Å². The zero-order valence-electron chi connectivity index (χ0n) is 12.0. The molecule has 23 heavy (non-hydrogen) atoms. The quantitative estimate of drug-likeness (QED) is 0.670. The highest BCUT2D eigenvalue weighted by Crippen LogP contribution is 2.41. The second-order valence-corrected chi connectivity index (χ2v) is 6.44. The summed E-state index contributed by atoms with van der Waals surface area (Å²) in [5.74, 6) is 1.34. The van der Waals surface area contributed by atoms with Crippen LogP contribution < -0.4 is 9.47 Å². The Morgan fingerprint density at radius 3 is 2.78 bits per heavy atom. The van der Waals surface area contributed by atoms with Gasteiger partial charge in [0.2, 0.25) is 6.79 Å². The van der Waals surface area contributed by atoms with Crippen molar-refractivity contribution in [3.63, 3.8) is 0 Å². The monoisotopic (exact) mass is 321 g/mol. The van der Waals surface area contributed by atoms with Crippen molar-refractivity contribution < 1.29 is 14.3 Å². The summed E-state index contributed by atoms with van der Waals surface area (Å²) in [7, 11) is 0. The van der Waals surface area contributed by atoms with Gasteiger partial charge in [-0.05, 0) is 12.1 Å². The molecule has 0 unspecified atom stereocenters. The molecule has 0 saturated carbocycles. The molecule has 0 aliphatic carbocycles. The van der Waals surface area contributed by atoms with Crippen molar-refractivity contribution in [2.75, 3.05) is 6.79 Å². The lowest BCUT2D eigenvalue weighted by molar-refractivity contribution is 0.0999. The molecule has 0 radical (unpaired) electrons. The van der Waals surface area contributed by atoms with Crippen LogP contribution in [-0.2, 0) is 0 Å². The van der Waals surface area contributed by atoms with Crippen LogP contribution in [0.4, 0.5) is 5.69 Å². The molecule has 2 aliphatic heterocycles.